The van der Waals surface area contributed by atoms with Crippen molar-refractivity contribution in [3.8, 4) is 11.5 Å². The number of pyridine rings is 1. The average Bonchev–Trinajstić information content (AvgIpc) is 2.92. The molecule has 0 aliphatic carbocycles. The van der Waals surface area contributed by atoms with Crippen LogP contribution in [0.5, 0.6) is 11.5 Å². The number of rotatable bonds is 6. The van der Waals surface area contributed by atoms with Crippen molar-refractivity contribution in [3.05, 3.63) is 48.7 Å². The van der Waals surface area contributed by atoms with E-state index in [0.29, 0.717) is 41.5 Å². The standard InChI is InChI=1S/C27H30F3N3O4S/c1-36-20-5-8-22(9-6-20)38(34,35)25-18-31-24-10-7-21(37-27(28,29)30)17-23(24)26(25)33-15-11-19(12-16-33)32-13-3-2-4-14-32/h5-10,17-19H,2-4,11-16H2,1H3. The van der Waals surface area contributed by atoms with Crippen LogP contribution in [0.15, 0.2) is 58.5 Å². The molecule has 0 spiro atoms. The zero-order valence-corrected chi connectivity index (χ0v) is 21.9. The third-order valence-electron chi connectivity index (χ3n) is 7.36. The van der Waals surface area contributed by atoms with E-state index >= 15 is 0 Å². The molecule has 0 N–H and O–H groups in total. The van der Waals surface area contributed by atoms with Gasteiger partial charge in [0.1, 0.15) is 16.4 Å². The molecule has 2 aliphatic rings. The predicted molar refractivity (Wildman–Crippen MR) is 138 cm³/mol. The number of benzene rings is 2. The highest BCUT2D eigenvalue weighted by atomic mass is 32.2. The fourth-order valence-corrected chi connectivity index (χ4v) is 6.91. The third kappa shape index (κ3) is 5.54. The van der Waals surface area contributed by atoms with Crippen LogP contribution in [0.25, 0.3) is 10.9 Å². The molecule has 0 amide bonds. The zero-order valence-electron chi connectivity index (χ0n) is 21.1. The van der Waals surface area contributed by atoms with Crippen LogP contribution < -0.4 is 14.4 Å². The Labute approximate surface area is 220 Å². The van der Waals surface area contributed by atoms with Crippen molar-refractivity contribution in [3.63, 3.8) is 0 Å². The van der Waals surface area contributed by atoms with Gasteiger partial charge in [-0.2, -0.15) is 0 Å². The molecule has 204 valence electrons. The number of aromatic nitrogens is 1. The predicted octanol–water partition coefficient (Wildman–Crippen LogP) is 5.43. The molecule has 1 aromatic heterocycles. The largest absolute Gasteiger partial charge is 0.573 e. The number of hydrogen-bond acceptors (Lipinski definition) is 7. The second-order valence-corrected chi connectivity index (χ2v) is 11.6. The van der Waals surface area contributed by atoms with E-state index in [-0.39, 0.29) is 9.79 Å². The third-order valence-corrected chi connectivity index (χ3v) is 9.13. The molecule has 5 rings (SSSR count). The molecule has 2 fully saturated rings. The number of likely N-dealkylation sites (tertiary alicyclic amines) is 1. The lowest BCUT2D eigenvalue weighted by atomic mass is 9.99. The Bertz CT molecular complexity index is 1380. The van der Waals surface area contributed by atoms with Crippen LogP contribution in [0.3, 0.4) is 0 Å². The van der Waals surface area contributed by atoms with Crippen LogP contribution in [0.1, 0.15) is 32.1 Å². The number of sulfone groups is 1. The van der Waals surface area contributed by atoms with Gasteiger partial charge in [0.15, 0.2) is 0 Å². The number of piperidine rings is 2. The maximum Gasteiger partial charge on any atom is 0.573 e. The van der Waals surface area contributed by atoms with E-state index in [4.69, 9.17) is 4.74 Å². The quantitative estimate of drug-likeness (QED) is 0.406. The Hall–Kier alpha value is -3.05. The summed E-state index contributed by atoms with van der Waals surface area (Å²) < 4.78 is 76.0. The topological polar surface area (TPSA) is 72.0 Å². The number of methoxy groups -OCH3 is 1. The van der Waals surface area contributed by atoms with Gasteiger partial charge in [-0.25, -0.2) is 8.42 Å². The first-order chi connectivity index (χ1) is 18.2. The summed E-state index contributed by atoms with van der Waals surface area (Å²) in [6.07, 6.45) is 1.71. The maximum absolute atomic E-state index is 13.8. The van der Waals surface area contributed by atoms with Gasteiger partial charge in [-0.1, -0.05) is 6.42 Å². The van der Waals surface area contributed by atoms with E-state index in [1.165, 1.54) is 62.9 Å². The van der Waals surface area contributed by atoms with Crippen LogP contribution in [0, 0.1) is 0 Å². The summed E-state index contributed by atoms with van der Waals surface area (Å²) in [7, 11) is -2.56. The molecule has 0 radical (unpaired) electrons. The summed E-state index contributed by atoms with van der Waals surface area (Å²) in [5.41, 5.74) is 0.747. The van der Waals surface area contributed by atoms with Crippen molar-refractivity contribution in [2.45, 2.75) is 54.3 Å². The van der Waals surface area contributed by atoms with Crippen LogP contribution >= 0.6 is 0 Å². The number of anilines is 1. The minimum Gasteiger partial charge on any atom is -0.497 e. The number of halogens is 3. The minimum atomic E-state index is -4.87. The maximum atomic E-state index is 13.8. The summed E-state index contributed by atoms with van der Waals surface area (Å²) in [5, 5.41) is 0.303. The van der Waals surface area contributed by atoms with Crippen LogP contribution in [0.4, 0.5) is 18.9 Å². The summed E-state index contributed by atoms with van der Waals surface area (Å²) >= 11 is 0. The molecule has 2 saturated heterocycles. The number of ether oxygens (including phenoxy) is 2. The second kappa shape index (κ2) is 10.6. The molecule has 0 atom stereocenters. The molecule has 3 aromatic rings. The lowest BCUT2D eigenvalue weighted by Gasteiger charge is -2.41. The Morgan fingerprint density at radius 2 is 1.58 bits per heavy atom. The first-order valence-electron chi connectivity index (χ1n) is 12.7. The first-order valence-corrected chi connectivity index (χ1v) is 14.2. The lowest BCUT2D eigenvalue weighted by molar-refractivity contribution is -0.274. The average molecular weight is 550 g/mol. The molecule has 2 aliphatic heterocycles. The van der Waals surface area contributed by atoms with Crippen molar-refractivity contribution < 1.29 is 31.1 Å². The molecule has 0 unspecified atom stereocenters. The highest BCUT2D eigenvalue weighted by Crippen LogP contribution is 2.39. The van der Waals surface area contributed by atoms with Crippen molar-refractivity contribution >= 4 is 26.4 Å². The Balaban J connectivity index is 1.57. The zero-order chi connectivity index (χ0) is 26.9. The Morgan fingerprint density at radius 3 is 2.21 bits per heavy atom. The molecule has 11 heteroatoms. The van der Waals surface area contributed by atoms with Gasteiger partial charge in [0.25, 0.3) is 0 Å². The fraction of sp³-hybridized carbons (Fsp3) is 0.444. The normalized spacial score (nSPS) is 18.1. The highest BCUT2D eigenvalue weighted by molar-refractivity contribution is 7.91. The van der Waals surface area contributed by atoms with E-state index < -0.39 is 21.9 Å². The van der Waals surface area contributed by atoms with Gasteiger partial charge in [-0.05, 0) is 81.2 Å². The van der Waals surface area contributed by atoms with Gasteiger partial charge >= 0.3 is 6.36 Å². The van der Waals surface area contributed by atoms with E-state index in [1.807, 2.05) is 4.90 Å². The highest BCUT2D eigenvalue weighted by Gasteiger charge is 2.33. The monoisotopic (exact) mass is 549 g/mol. The molecule has 7 nitrogen and oxygen atoms in total. The fourth-order valence-electron chi connectivity index (χ4n) is 5.48. The summed E-state index contributed by atoms with van der Waals surface area (Å²) in [6, 6.07) is 10.3. The van der Waals surface area contributed by atoms with Gasteiger partial charge < -0.3 is 19.3 Å². The summed E-state index contributed by atoms with van der Waals surface area (Å²) in [6.45, 7) is 3.29. The number of hydrogen-bond donors (Lipinski definition) is 0. The SMILES string of the molecule is COc1ccc(S(=O)(=O)c2cnc3ccc(OC(F)(F)F)cc3c2N2CCC(N3CCCCC3)CC2)cc1. The molecule has 38 heavy (non-hydrogen) atoms. The van der Waals surface area contributed by atoms with Crippen molar-refractivity contribution in [1.82, 2.24) is 9.88 Å². The van der Waals surface area contributed by atoms with Gasteiger partial charge in [0, 0.05) is 30.7 Å². The van der Waals surface area contributed by atoms with Crippen molar-refractivity contribution in [2.24, 2.45) is 0 Å². The van der Waals surface area contributed by atoms with Gasteiger partial charge in [-0.15, -0.1) is 13.2 Å². The smallest absolute Gasteiger partial charge is 0.497 e. The van der Waals surface area contributed by atoms with E-state index in [2.05, 4.69) is 14.6 Å². The summed E-state index contributed by atoms with van der Waals surface area (Å²) in [5.74, 6) is 0.0878. The molecule has 0 saturated carbocycles. The molecule has 3 heterocycles. The van der Waals surface area contributed by atoms with E-state index in [0.717, 1.165) is 25.9 Å². The van der Waals surface area contributed by atoms with Gasteiger partial charge in [-0.3, -0.25) is 4.98 Å². The van der Waals surface area contributed by atoms with E-state index in [9.17, 15) is 21.6 Å². The van der Waals surface area contributed by atoms with Gasteiger partial charge in [0.2, 0.25) is 9.84 Å². The van der Waals surface area contributed by atoms with Crippen LogP contribution in [0.2, 0.25) is 0 Å². The number of nitrogens with zero attached hydrogens (tertiary/aromatic N) is 3. The molecule has 2 aromatic carbocycles. The molecular formula is C27H30F3N3O4S. The van der Waals surface area contributed by atoms with Crippen LogP contribution in [-0.2, 0) is 9.84 Å². The van der Waals surface area contributed by atoms with E-state index in [1.54, 1.807) is 12.1 Å². The van der Waals surface area contributed by atoms with Crippen molar-refractivity contribution in [2.75, 3.05) is 38.2 Å². The second-order valence-electron chi connectivity index (χ2n) is 9.69. The first kappa shape index (κ1) is 26.6. The minimum absolute atomic E-state index is 0.0456. The lowest BCUT2D eigenvalue weighted by Crippen LogP contribution is -2.47. The number of alkyl halides is 3. The molecule has 0 bridgehead atoms. The summed E-state index contributed by atoms with van der Waals surface area (Å²) in [4.78, 5) is 8.79. The number of fused-ring (bicyclic) bond motifs is 1. The Kier molecular flexibility index (Phi) is 7.41. The Morgan fingerprint density at radius 1 is 0.921 bits per heavy atom. The van der Waals surface area contributed by atoms with Gasteiger partial charge in [0.05, 0.1) is 23.2 Å². The van der Waals surface area contributed by atoms with Crippen LogP contribution in [-0.4, -0.2) is 64.0 Å². The van der Waals surface area contributed by atoms with Crippen molar-refractivity contribution in [1.29, 1.82) is 0 Å². The molecular weight excluding hydrogens is 519 g/mol.